The smallest absolute Gasteiger partial charge is 0.233 e. The molecule has 2 aliphatic rings. The van der Waals surface area contributed by atoms with Gasteiger partial charge >= 0.3 is 0 Å². The van der Waals surface area contributed by atoms with Crippen LogP contribution < -0.4 is 4.90 Å². The third-order valence-electron chi connectivity index (χ3n) is 9.04. The number of rotatable bonds is 9. The quantitative estimate of drug-likeness (QED) is 0.146. The molecule has 0 spiro atoms. The average Bonchev–Trinajstić information content (AvgIpc) is 3.07. The van der Waals surface area contributed by atoms with Gasteiger partial charge in [0.25, 0.3) is 0 Å². The van der Waals surface area contributed by atoms with Crippen molar-refractivity contribution < 1.29 is 40.2 Å². The molecule has 0 unspecified atom stereocenters. The Labute approximate surface area is 271 Å². The maximum absolute atomic E-state index is 13.5. The van der Waals surface area contributed by atoms with Crippen LogP contribution in [0, 0.1) is 5.92 Å². The van der Waals surface area contributed by atoms with Gasteiger partial charge in [-0.15, -0.1) is 0 Å². The molecule has 0 bridgehead atoms. The van der Waals surface area contributed by atoms with Gasteiger partial charge in [0, 0.05) is 16.3 Å². The Morgan fingerprint density at radius 3 is 2.22 bits per heavy atom. The van der Waals surface area contributed by atoms with E-state index in [2.05, 4.69) is 0 Å². The van der Waals surface area contributed by atoms with Crippen LogP contribution in [-0.4, -0.2) is 67.6 Å². The van der Waals surface area contributed by atoms with Gasteiger partial charge in [-0.05, 0) is 65.4 Å². The Morgan fingerprint density at radius 2 is 1.54 bits per heavy atom. The van der Waals surface area contributed by atoms with Crippen molar-refractivity contribution in [2.24, 2.45) is 5.92 Å². The predicted molar refractivity (Wildman–Crippen MR) is 172 cm³/mol. The number of carbonyl (C=O) groups excluding carboxylic acids is 1. The molecule has 10 heteroatoms. The van der Waals surface area contributed by atoms with Gasteiger partial charge in [0.1, 0.15) is 36.3 Å². The molecule has 8 atom stereocenters. The summed E-state index contributed by atoms with van der Waals surface area (Å²) in [6.07, 6.45) is -6.28. The van der Waals surface area contributed by atoms with Gasteiger partial charge in [0.15, 0.2) is 0 Å². The third kappa shape index (κ3) is 6.15. The van der Waals surface area contributed by atoms with E-state index in [0.29, 0.717) is 40.1 Å². The highest BCUT2D eigenvalue weighted by Crippen LogP contribution is 2.48. The van der Waals surface area contributed by atoms with Gasteiger partial charge < -0.3 is 40.3 Å². The maximum atomic E-state index is 13.5. The average molecular weight is 646 g/mol. The van der Waals surface area contributed by atoms with E-state index < -0.39 is 49.1 Å². The van der Waals surface area contributed by atoms with Crippen molar-refractivity contribution in [1.82, 2.24) is 0 Å². The number of ether oxygens (including phenoxy) is 1. The number of hydrogen-bond donors (Lipinski definition) is 6. The summed E-state index contributed by atoms with van der Waals surface area (Å²) < 4.78 is 5.66. The summed E-state index contributed by atoms with van der Waals surface area (Å²) in [6.45, 7) is -0.516. The highest BCUT2D eigenvalue weighted by Gasteiger charge is 2.48. The Balaban J connectivity index is 1.23. The van der Waals surface area contributed by atoms with E-state index in [4.69, 9.17) is 16.3 Å². The highest BCUT2D eigenvalue weighted by atomic mass is 35.5. The second-order valence-corrected chi connectivity index (χ2v) is 12.3. The number of amides is 1. The number of halogens is 1. The number of nitrogens with zero attached hydrogens (tertiary/aromatic N) is 1. The number of anilines is 1. The number of phenolic OH excluding ortho intramolecular Hbond substituents is 1. The SMILES string of the molecule is O=C1[C@H](CC[C@H](O)c2cccc(Cl)c2)[C@@H](c2ccc(-c3ccc([C@@H]4O[C@H](CO)[C@@H](O)[C@H](O)[C@H]4O)cc3)c(O)c2)N1c1ccccc1. The molecule has 0 aliphatic carbocycles. The molecule has 9 nitrogen and oxygen atoms in total. The lowest BCUT2D eigenvalue weighted by atomic mass is 9.78. The van der Waals surface area contributed by atoms with Crippen molar-refractivity contribution in [3.63, 3.8) is 0 Å². The first-order valence-electron chi connectivity index (χ1n) is 15.2. The van der Waals surface area contributed by atoms with Crippen molar-refractivity contribution in [1.29, 1.82) is 0 Å². The summed E-state index contributed by atoms with van der Waals surface area (Å²) in [5, 5.41) is 62.8. The monoisotopic (exact) mass is 645 g/mol. The lowest BCUT2D eigenvalue weighted by molar-refractivity contribution is -0.231. The standard InChI is InChI=1S/C36H36ClNO8/c37-24-6-4-5-22(17-24)28(40)16-15-27-31(38(36(27)45)25-7-2-1-3-8-25)23-13-14-26(29(41)18-23)20-9-11-21(12-10-20)35-34(44)33(43)32(42)30(19-39)46-35/h1-14,17-18,27-28,30-35,39-44H,15-16,19H2/t27-,28+,30-,31-,32-,33+,34-,35+/m1/s1. The van der Waals surface area contributed by atoms with Gasteiger partial charge in [-0.25, -0.2) is 0 Å². The summed E-state index contributed by atoms with van der Waals surface area (Å²) in [4.78, 5) is 15.2. The molecular weight excluding hydrogens is 610 g/mol. The van der Waals surface area contributed by atoms with Crippen LogP contribution in [0.3, 0.4) is 0 Å². The van der Waals surface area contributed by atoms with E-state index in [1.165, 1.54) is 0 Å². The Bertz CT molecular complexity index is 1670. The number of aromatic hydroxyl groups is 1. The molecule has 2 saturated heterocycles. The van der Waals surface area contributed by atoms with Crippen LogP contribution in [-0.2, 0) is 9.53 Å². The van der Waals surface area contributed by atoms with Crippen molar-refractivity contribution in [3.8, 4) is 16.9 Å². The summed E-state index contributed by atoms with van der Waals surface area (Å²) in [6, 6.07) is 28.2. The molecule has 2 fully saturated rings. The fourth-order valence-corrected chi connectivity index (χ4v) is 6.71. The van der Waals surface area contributed by atoms with E-state index >= 15 is 0 Å². The molecule has 0 radical (unpaired) electrons. The number of carbonyl (C=O) groups is 1. The Hall–Kier alpha value is -3.80. The zero-order valence-electron chi connectivity index (χ0n) is 24.8. The van der Waals surface area contributed by atoms with Gasteiger partial charge in [0.2, 0.25) is 5.91 Å². The minimum atomic E-state index is -1.48. The van der Waals surface area contributed by atoms with Gasteiger partial charge in [-0.1, -0.05) is 78.3 Å². The van der Waals surface area contributed by atoms with E-state index in [9.17, 15) is 35.4 Å². The highest BCUT2D eigenvalue weighted by molar-refractivity contribution is 6.30. The van der Waals surface area contributed by atoms with Crippen molar-refractivity contribution in [2.75, 3.05) is 11.5 Å². The first-order chi connectivity index (χ1) is 22.2. The summed E-state index contributed by atoms with van der Waals surface area (Å²) >= 11 is 6.11. The third-order valence-corrected chi connectivity index (χ3v) is 9.27. The minimum absolute atomic E-state index is 0.0168. The maximum Gasteiger partial charge on any atom is 0.233 e. The van der Waals surface area contributed by atoms with Crippen LogP contribution in [0.1, 0.15) is 47.8 Å². The second-order valence-electron chi connectivity index (χ2n) is 11.9. The van der Waals surface area contributed by atoms with E-state index in [0.717, 1.165) is 11.3 Å². The van der Waals surface area contributed by atoms with Crippen LogP contribution in [0.15, 0.2) is 97.1 Å². The van der Waals surface area contributed by atoms with Crippen molar-refractivity contribution >= 4 is 23.2 Å². The zero-order valence-corrected chi connectivity index (χ0v) is 25.6. The van der Waals surface area contributed by atoms with Crippen LogP contribution in [0.2, 0.25) is 5.02 Å². The number of hydrogen-bond acceptors (Lipinski definition) is 8. The number of phenols is 1. The van der Waals surface area contributed by atoms with E-state index in [-0.39, 0.29) is 17.7 Å². The first kappa shape index (κ1) is 32.2. The summed E-state index contributed by atoms with van der Waals surface area (Å²) in [5.74, 6) is -0.442. The molecule has 4 aromatic rings. The summed E-state index contributed by atoms with van der Waals surface area (Å²) in [5.41, 5.74) is 3.96. The molecule has 4 aromatic carbocycles. The number of β-lactam (4-membered cyclic amide) rings is 1. The Kier molecular flexibility index (Phi) is 9.44. The molecule has 6 N–H and O–H groups in total. The molecular formula is C36H36ClNO8. The molecule has 6 rings (SSSR count). The number of aliphatic hydroxyl groups is 5. The number of para-hydroxylation sites is 1. The van der Waals surface area contributed by atoms with Crippen LogP contribution in [0.5, 0.6) is 5.75 Å². The molecule has 46 heavy (non-hydrogen) atoms. The van der Waals surface area contributed by atoms with Gasteiger partial charge in [-0.3, -0.25) is 4.79 Å². The van der Waals surface area contributed by atoms with Crippen molar-refractivity contribution in [2.45, 2.75) is 55.5 Å². The largest absolute Gasteiger partial charge is 0.507 e. The van der Waals surface area contributed by atoms with Crippen LogP contribution in [0.4, 0.5) is 5.69 Å². The van der Waals surface area contributed by atoms with E-state index in [1.54, 1.807) is 65.6 Å². The van der Waals surface area contributed by atoms with Crippen LogP contribution >= 0.6 is 11.6 Å². The lowest BCUT2D eigenvalue weighted by Crippen LogP contribution is -2.55. The minimum Gasteiger partial charge on any atom is -0.507 e. The molecule has 0 saturated carbocycles. The van der Waals surface area contributed by atoms with Gasteiger partial charge in [0.05, 0.1) is 24.7 Å². The van der Waals surface area contributed by atoms with Gasteiger partial charge in [-0.2, -0.15) is 0 Å². The van der Waals surface area contributed by atoms with E-state index in [1.807, 2.05) is 36.4 Å². The lowest BCUT2D eigenvalue weighted by Gasteiger charge is -2.48. The molecule has 1 amide bonds. The second kappa shape index (κ2) is 13.5. The zero-order chi connectivity index (χ0) is 32.5. The fourth-order valence-electron chi connectivity index (χ4n) is 6.51. The fraction of sp³-hybridized carbons (Fsp3) is 0.306. The topological polar surface area (TPSA) is 151 Å². The molecule has 2 aliphatic heterocycles. The normalized spacial score (nSPS) is 26.9. The molecule has 2 heterocycles. The number of aliphatic hydroxyl groups excluding tert-OH is 5. The predicted octanol–water partition coefficient (Wildman–Crippen LogP) is 4.45. The molecule has 0 aromatic heterocycles. The Morgan fingerprint density at radius 1 is 0.826 bits per heavy atom. The first-order valence-corrected chi connectivity index (χ1v) is 15.6. The van der Waals surface area contributed by atoms with Crippen LogP contribution in [0.25, 0.3) is 11.1 Å². The summed E-state index contributed by atoms with van der Waals surface area (Å²) in [7, 11) is 0. The molecule has 240 valence electrons. The van der Waals surface area contributed by atoms with Crippen molar-refractivity contribution in [3.05, 3.63) is 119 Å². The number of benzene rings is 4.